The van der Waals surface area contributed by atoms with E-state index in [9.17, 15) is 9.00 Å². The van der Waals surface area contributed by atoms with Crippen LogP contribution in [0.25, 0.3) is 5.69 Å². The van der Waals surface area contributed by atoms with Crippen molar-refractivity contribution in [2.24, 2.45) is 0 Å². The van der Waals surface area contributed by atoms with Gasteiger partial charge in [-0.3, -0.25) is 9.00 Å². The lowest BCUT2D eigenvalue weighted by Gasteiger charge is -2.15. The molecule has 1 saturated carbocycles. The highest BCUT2D eigenvalue weighted by Crippen LogP contribution is 2.43. The Bertz CT molecular complexity index is 1510. The third kappa shape index (κ3) is 4.22. The number of fused-ring (bicyclic) bond motifs is 2. The van der Waals surface area contributed by atoms with Crippen LogP contribution in [0.2, 0.25) is 5.02 Å². The summed E-state index contributed by atoms with van der Waals surface area (Å²) in [4.78, 5) is 11.7. The van der Waals surface area contributed by atoms with Crippen molar-refractivity contribution in [3.8, 4) is 22.9 Å². The number of rotatable bonds is 6. The van der Waals surface area contributed by atoms with E-state index in [1.807, 2.05) is 42.1 Å². The van der Waals surface area contributed by atoms with Gasteiger partial charge in [-0.1, -0.05) is 35.9 Å². The Hall–Kier alpha value is -3.42. The number of nitrogens with zero attached hydrogens (tertiary/aromatic N) is 2. The number of hydrogen-bond donors (Lipinski definition) is 0. The fourth-order valence-electron chi connectivity index (χ4n) is 4.54. The second-order valence-electron chi connectivity index (χ2n) is 9.11. The smallest absolute Gasteiger partial charge is 0.150 e. The number of benzene rings is 3. The summed E-state index contributed by atoms with van der Waals surface area (Å²) < 4.78 is 27.3. The zero-order valence-corrected chi connectivity index (χ0v) is 21.1. The van der Waals surface area contributed by atoms with Crippen LogP contribution in [-0.2, 0) is 23.2 Å². The van der Waals surface area contributed by atoms with Crippen molar-refractivity contribution in [3.05, 3.63) is 93.8 Å². The Morgan fingerprint density at radius 2 is 2.03 bits per heavy atom. The van der Waals surface area contributed by atoms with E-state index in [1.54, 1.807) is 30.3 Å². The van der Waals surface area contributed by atoms with Gasteiger partial charge in [0, 0.05) is 22.8 Å². The minimum absolute atomic E-state index is 0.297. The van der Waals surface area contributed by atoms with Gasteiger partial charge < -0.3 is 9.47 Å². The molecule has 0 saturated heterocycles. The summed E-state index contributed by atoms with van der Waals surface area (Å²) in [6.45, 7) is 2.31. The van der Waals surface area contributed by atoms with Crippen LogP contribution >= 0.6 is 11.6 Å². The first-order chi connectivity index (χ1) is 17.5. The van der Waals surface area contributed by atoms with Crippen molar-refractivity contribution >= 4 is 28.7 Å². The molecule has 0 bridgehead atoms. The Kier molecular flexibility index (Phi) is 5.90. The number of aromatic nitrogens is 2. The van der Waals surface area contributed by atoms with Crippen molar-refractivity contribution in [3.63, 3.8) is 0 Å². The van der Waals surface area contributed by atoms with Crippen LogP contribution < -0.4 is 9.47 Å². The van der Waals surface area contributed by atoms with Gasteiger partial charge in [-0.2, -0.15) is 5.10 Å². The normalized spacial score (nSPS) is 16.4. The van der Waals surface area contributed by atoms with E-state index in [-0.39, 0.29) is 0 Å². The van der Waals surface area contributed by atoms with Crippen LogP contribution in [0.15, 0.2) is 65.7 Å². The van der Waals surface area contributed by atoms with Crippen LogP contribution in [0.4, 0.5) is 0 Å². The van der Waals surface area contributed by atoms with E-state index in [0.29, 0.717) is 51.0 Å². The van der Waals surface area contributed by atoms with Crippen LogP contribution in [0, 0.1) is 6.92 Å². The molecule has 6 rings (SSSR count). The molecule has 182 valence electrons. The molecule has 36 heavy (non-hydrogen) atoms. The zero-order chi connectivity index (χ0) is 24.8. The summed E-state index contributed by atoms with van der Waals surface area (Å²) >= 11 is 6.56. The maximum atomic E-state index is 13.2. The standard InChI is InChI=1S/C28H23ClN2O4S/c1-17-3-2-4-23(29)28(17)31-24(22(13-30-31)19-7-8-19)15-34-21-9-10-25-27(12-21)36(33)16-20-6-5-18(14-32)11-26(20)35-25/h2-6,9-14,19H,7-8,15-16H2,1H3. The number of aryl methyl sites for hydroxylation is 1. The minimum atomic E-state index is -1.32. The highest BCUT2D eigenvalue weighted by atomic mass is 35.5. The van der Waals surface area contributed by atoms with E-state index in [4.69, 9.17) is 21.1 Å². The minimum Gasteiger partial charge on any atom is -0.487 e. The fraction of sp³-hybridized carbons (Fsp3) is 0.214. The number of para-hydroxylation sites is 1. The SMILES string of the molecule is Cc1cccc(Cl)c1-n1ncc(C2CC2)c1COc1ccc2c(c1)S(=O)Cc1ccc(C=O)cc1O2. The van der Waals surface area contributed by atoms with E-state index >= 15 is 0 Å². The molecule has 6 nitrogen and oxygen atoms in total. The fourth-order valence-corrected chi connectivity index (χ4v) is 6.10. The Labute approximate surface area is 216 Å². The maximum absolute atomic E-state index is 13.2. The first-order valence-corrected chi connectivity index (χ1v) is 13.4. The number of aldehydes is 1. The largest absolute Gasteiger partial charge is 0.487 e. The molecule has 1 aliphatic heterocycles. The number of halogens is 1. The predicted molar refractivity (Wildman–Crippen MR) is 138 cm³/mol. The van der Waals surface area contributed by atoms with Gasteiger partial charge in [0.15, 0.2) is 0 Å². The van der Waals surface area contributed by atoms with Gasteiger partial charge in [0.05, 0.1) is 44.0 Å². The number of ether oxygens (including phenoxy) is 2. The molecule has 0 spiro atoms. The van der Waals surface area contributed by atoms with Gasteiger partial charge in [0.2, 0.25) is 0 Å². The van der Waals surface area contributed by atoms with Crippen molar-refractivity contribution in [1.29, 1.82) is 0 Å². The van der Waals surface area contributed by atoms with Gasteiger partial charge in [0.25, 0.3) is 0 Å². The molecule has 1 aliphatic carbocycles. The van der Waals surface area contributed by atoms with E-state index in [2.05, 4.69) is 5.10 Å². The second kappa shape index (κ2) is 9.22. The van der Waals surface area contributed by atoms with E-state index in [0.717, 1.165) is 41.6 Å². The van der Waals surface area contributed by atoms with Crippen molar-refractivity contribution in [2.45, 2.75) is 42.9 Å². The summed E-state index contributed by atoms with van der Waals surface area (Å²) in [5.74, 6) is 2.43. The first-order valence-electron chi connectivity index (χ1n) is 11.8. The molecular formula is C28H23ClN2O4S. The molecule has 4 aromatic rings. The number of hydrogen-bond acceptors (Lipinski definition) is 5. The molecule has 1 atom stereocenters. The van der Waals surface area contributed by atoms with E-state index < -0.39 is 10.8 Å². The zero-order valence-electron chi connectivity index (χ0n) is 19.6. The molecule has 3 aromatic carbocycles. The first kappa shape index (κ1) is 23.0. The second-order valence-corrected chi connectivity index (χ2v) is 10.9. The van der Waals surface area contributed by atoms with Crippen molar-refractivity contribution in [1.82, 2.24) is 9.78 Å². The average molecular weight is 519 g/mol. The molecule has 2 heterocycles. The molecule has 1 aromatic heterocycles. The highest BCUT2D eigenvalue weighted by molar-refractivity contribution is 7.84. The molecule has 8 heteroatoms. The maximum Gasteiger partial charge on any atom is 0.150 e. The van der Waals surface area contributed by atoms with Crippen LogP contribution in [0.3, 0.4) is 0 Å². The lowest BCUT2D eigenvalue weighted by atomic mass is 10.1. The Morgan fingerprint density at radius 1 is 1.17 bits per heavy atom. The Balaban J connectivity index is 1.30. The van der Waals surface area contributed by atoms with Crippen LogP contribution in [-0.4, -0.2) is 20.3 Å². The van der Waals surface area contributed by atoms with Crippen molar-refractivity contribution < 1.29 is 18.5 Å². The quantitative estimate of drug-likeness (QED) is 0.272. The third-order valence-electron chi connectivity index (χ3n) is 6.59. The van der Waals surface area contributed by atoms with Gasteiger partial charge in [-0.05, 0) is 55.5 Å². The molecular weight excluding hydrogens is 496 g/mol. The Morgan fingerprint density at radius 3 is 2.81 bits per heavy atom. The molecule has 1 fully saturated rings. The monoisotopic (exact) mass is 518 g/mol. The van der Waals surface area contributed by atoms with Crippen molar-refractivity contribution in [2.75, 3.05) is 0 Å². The van der Waals surface area contributed by atoms with Gasteiger partial charge in [-0.15, -0.1) is 0 Å². The highest BCUT2D eigenvalue weighted by Gasteiger charge is 2.30. The molecule has 0 radical (unpaired) electrons. The van der Waals surface area contributed by atoms with Gasteiger partial charge in [0.1, 0.15) is 30.1 Å². The summed E-state index contributed by atoms with van der Waals surface area (Å²) in [6.07, 6.45) is 4.97. The molecule has 0 amide bonds. The summed E-state index contributed by atoms with van der Waals surface area (Å²) in [6, 6.07) is 16.3. The van der Waals surface area contributed by atoms with Crippen LogP contribution in [0.1, 0.15) is 51.5 Å². The summed E-state index contributed by atoms with van der Waals surface area (Å²) in [5, 5.41) is 5.31. The molecule has 1 unspecified atom stereocenters. The van der Waals surface area contributed by atoms with E-state index in [1.165, 1.54) is 5.56 Å². The topological polar surface area (TPSA) is 70.4 Å². The number of carbonyl (C=O) groups is 1. The summed E-state index contributed by atoms with van der Waals surface area (Å²) in [7, 11) is -1.32. The lowest BCUT2D eigenvalue weighted by molar-refractivity contribution is 0.112. The van der Waals surface area contributed by atoms with Crippen LogP contribution in [0.5, 0.6) is 17.2 Å². The van der Waals surface area contributed by atoms with Gasteiger partial charge in [-0.25, -0.2) is 4.68 Å². The average Bonchev–Trinajstić information content (AvgIpc) is 3.66. The predicted octanol–water partition coefficient (Wildman–Crippen LogP) is 6.52. The lowest BCUT2D eigenvalue weighted by Crippen LogP contribution is -2.09. The molecule has 0 N–H and O–H groups in total. The number of carbonyl (C=O) groups excluding carboxylic acids is 1. The van der Waals surface area contributed by atoms with Gasteiger partial charge >= 0.3 is 0 Å². The summed E-state index contributed by atoms with van der Waals surface area (Å²) in [5.41, 5.74) is 5.34. The third-order valence-corrected chi connectivity index (χ3v) is 8.28. The molecule has 2 aliphatic rings.